The largest absolute Gasteiger partial charge is 0.383 e. The van der Waals surface area contributed by atoms with Gasteiger partial charge in [-0.15, -0.1) is 0 Å². The number of aromatic nitrogens is 3. The predicted molar refractivity (Wildman–Crippen MR) is 95.4 cm³/mol. The van der Waals surface area contributed by atoms with Crippen LogP contribution in [0.1, 0.15) is 18.5 Å². The van der Waals surface area contributed by atoms with Gasteiger partial charge in [-0.1, -0.05) is 5.16 Å². The molecular formula is C18H20FN5O3. The van der Waals surface area contributed by atoms with Gasteiger partial charge in [0.15, 0.2) is 5.58 Å². The summed E-state index contributed by atoms with van der Waals surface area (Å²) < 4.78 is 20.1. The molecule has 0 aliphatic carbocycles. The van der Waals surface area contributed by atoms with Crippen molar-refractivity contribution < 1.29 is 18.8 Å². The van der Waals surface area contributed by atoms with Crippen molar-refractivity contribution in [3.8, 4) is 0 Å². The van der Waals surface area contributed by atoms with Crippen LogP contribution in [0.5, 0.6) is 0 Å². The number of hydrogen-bond donors (Lipinski definition) is 2. The molecule has 142 valence electrons. The Kier molecular flexibility index (Phi) is 4.40. The molecule has 2 aromatic heterocycles. The number of nitrogens with one attached hydrogen (secondary N) is 1. The molecule has 1 amide bonds. The summed E-state index contributed by atoms with van der Waals surface area (Å²) in [6.07, 6.45) is 4.13. The lowest BCUT2D eigenvalue weighted by Gasteiger charge is -2.36. The lowest BCUT2D eigenvalue weighted by molar-refractivity contribution is -0.118. The maximum Gasteiger partial charge on any atom is 0.238 e. The third-order valence-electron chi connectivity index (χ3n) is 4.91. The fourth-order valence-corrected chi connectivity index (χ4v) is 3.45. The van der Waals surface area contributed by atoms with Crippen molar-refractivity contribution in [1.29, 1.82) is 0 Å². The number of halogens is 1. The Bertz CT molecular complexity index is 974. The van der Waals surface area contributed by atoms with Crippen LogP contribution in [-0.2, 0) is 17.4 Å². The fraction of sp³-hybridized carbons (Fsp3) is 0.389. The number of fused-ring (bicyclic) bond motifs is 1. The molecule has 1 saturated heterocycles. The highest BCUT2D eigenvalue weighted by Gasteiger charge is 2.38. The van der Waals surface area contributed by atoms with Crippen LogP contribution in [0.3, 0.4) is 0 Å². The minimum absolute atomic E-state index is 0.129. The molecule has 0 radical (unpaired) electrons. The first-order chi connectivity index (χ1) is 12.9. The van der Waals surface area contributed by atoms with Crippen LogP contribution in [-0.4, -0.2) is 50.5 Å². The summed E-state index contributed by atoms with van der Waals surface area (Å²) in [6, 6.07) is 4.15. The number of hydrogen-bond acceptors (Lipinski definition) is 6. The van der Waals surface area contributed by atoms with Crippen LogP contribution in [0.25, 0.3) is 11.0 Å². The van der Waals surface area contributed by atoms with Crippen molar-refractivity contribution in [3.63, 3.8) is 0 Å². The summed E-state index contributed by atoms with van der Waals surface area (Å²) in [5, 5.41) is 22.4. The smallest absolute Gasteiger partial charge is 0.238 e. The van der Waals surface area contributed by atoms with Crippen LogP contribution < -0.4 is 5.32 Å². The van der Waals surface area contributed by atoms with Crippen molar-refractivity contribution in [3.05, 3.63) is 42.1 Å². The van der Waals surface area contributed by atoms with Crippen LogP contribution in [0.15, 0.2) is 35.1 Å². The Balaban J connectivity index is 1.39. The number of aliphatic hydroxyl groups is 1. The third-order valence-corrected chi connectivity index (χ3v) is 4.91. The maximum atomic E-state index is 13.3. The molecule has 4 rings (SSSR count). The molecule has 0 atom stereocenters. The minimum Gasteiger partial charge on any atom is -0.383 e. The van der Waals surface area contributed by atoms with Gasteiger partial charge < -0.3 is 14.9 Å². The van der Waals surface area contributed by atoms with Crippen molar-refractivity contribution in [2.75, 3.05) is 25.0 Å². The van der Waals surface area contributed by atoms with E-state index in [1.165, 1.54) is 12.1 Å². The zero-order valence-electron chi connectivity index (χ0n) is 14.9. The summed E-state index contributed by atoms with van der Waals surface area (Å²) >= 11 is 0. The van der Waals surface area contributed by atoms with E-state index in [1.807, 2.05) is 4.90 Å². The minimum atomic E-state index is -1.15. The summed E-state index contributed by atoms with van der Waals surface area (Å²) in [7, 11) is 1.78. The number of carbonyl (C=O) groups is 1. The third kappa shape index (κ3) is 3.56. The first kappa shape index (κ1) is 17.6. The van der Waals surface area contributed by atoms with E-state index in [2.05, 4.69) is 15.6 Å². The van der Waals surface area contributed by atoms with Crippen molar-refractivity contribution in [1.82, 2.24) is 19.8 Å². The Morgan fingerprint density at radius 2 is 2.19 bits per heavy atom. The van der Waals surface area contributed by atoms with E-state index >= 15 is 0 Å². The van der Waals surface area contributed by atoms with E-state index in [0.717, 1.165) is 0 Å². The van der Waals surface area contributed by atoms with Gasteiger partial charge in [0.05, 0.1) is 18.4 Å². The van der Waals surface area contributed by atoms with Gasteiger partial charge in [0.2, 0.25) is 5.91 Å². The van der Waals surface area contributed by atoms with Gasteiger partial charge in [-0.05, 0) is 25.0 Å². The van der Waals surface area contributed by atoms with Gasteiger partial charge in [-0.25, -0.2) is 4.39 Å². The Morgan fingerprint density at radius 3 is 2.89 bits per heavy atom. The molecule has 1 aromatic carbocycles. The van der Waals surface area contributed by atoms with Crippen molar-refractivity contribution in [2.24, 2.45) is 7.05 Å². The second-order valence-corrected chi connectivity index (χ2v) is 6.93. The normalized spacial score (nSPS) is 17.3. The number of aryl methyl sites for hydroxylation is 1. The van der Waals surface area contributed by atoms with Crippen molar-refractivity contribution >= 4 is 22.6 Å². The van der Waals surface area contributed by atoms with Gasteiger partial charge in [0.1, 0.15) is 17.1 Å². The zero-order valence-corrected chi connectivity index (χ0v) is 14.9. The average molecular weight is 373 g/mol. The number of carbonyl (C=O) groups excluding carboxylic acids is 1. The van der Waals surface area contributed by atoms with E-state index in [1.54, 1.807) is 30.2 Å². The molecular weight excluding hydrogens is 353 g/mol. The molecule has 3 aromatic rings. The zero-order chi connectivity index (χ0) is 19.0. The SMILES string of the molecule is Cn1cc(NC(=O)CN2CCC(O)(c3noc4cc(F)ccc34)CC2)cn1. The van der Waals surface area contributed by atoms with E-state index < -0.39 is 11.4 Å². The van der Waals surface area contributed by atoms with Crippen LogP contribution >= 0.6 is 0 Å². The number of rotatable bonds is 4. The lowest BCUT2D eigenvalue weighted by Crippen LogP contribution is -2.45. The number of amides is 1. The number of benzene rings is 1. The topological polar surface area (TPSA) is 96.4 Å². The number of nitrogens with zero attached hydrogens (tertiary/aromatic N) is 4. The highest BCUT2D eigenvalue weighted by atomic mass is 19.1. The molecule has 2 N–H and O–H groups in total. The van der Waals surface area contributed by atoms with Gasteiger partial charge in [0.25, 0.3) is 0 Å². The quantitative estimate of drug-likeness (QED) is 0.722. The Hall–Kier alpha value is -2.78. The fourth-order valence-electron chi connectivity index (χ4n) is 3.45. The standard InChI is InChI=1S/C18H20FN5O3/c1-23-10-13(9-20-23)21-16(25)11-24-6-4-18(26,5-7-24)17-14-3-2-12(19)8-15(14)27-22-17/h2-3,8-10,26H,4-7,11H2,1H3,(H,21,25). The molecule has 0 spiro atoms. The molecule has 0 saturated carbocycles. The Labute approximate surface area is 154 Å². The molecule has 1 aliphatic heterocycles. The summed E-state index contributed by atoms with van der Waals surface area (Å²) in [5.41, 5.74) is 0.241. The summed E-state index contributed by atoms with van der Waals surface area (Å²) in [5.74, 6) is -0.539. The lowest BCUT2D eigenvalue weighted by atomic mass is 9.86. The molecule has 9 heteroatoms. The van der Waals surface area contributed by atoms with E-state index in [0.29, 0.717) is 48.3 Å². The summed E-state index contributed by atoms with van der Waals surface area (Å²) in [6.45, 7) is 1.30. The second-order valence-electron chi connectivity index (χ2n) is 6.93. The van der Waals surface area contributed by atoms with Crippen molar-refractivity contribution in [2.45, 2.75) is 18.4 Å². The number of likely N-dealkylation sites (tertiary alicyclic amines) is 1. The van der Waals surface area contributed by atoms with Crippen LogP contribution in [0.4, 0.5) is 10.1 Å². The molecule has 0 bridgehead atoms. The number of anilines is 1. The molecule has 27 heavy (non-hydrogen) atoms. The highest BCUT2D eigenvalue weighted by Crippen LogP contribution is 2.36. The number of piperidine rings is 1. The van der Waals surface area contributed by atoms with Gasteiger partial charge in [0, 0.05) is 37.8 Å². The molecule has 3 heterocycles. The van der Waals surface area contributed by atoms with Gasteiger partial charge in [-0.3, -0.25) is 14.4 Å². The first-order valence-electron chi connectivity index (χ1n) is 8.72. The van der Waals surface area contributed by atoms with E-state index in [4.69, 9.17) is 4.52 Å². The Morgan fingerprint density at radius 1 is 1.41 bits per heavy atom. The van der Waals surface area contributed by atoms with Gasteiger partial charge >= 0.3 is 0 Å². The first-order valence-corrected chi connectivity index (χ1v) is 8.72. The highest BCUT2D eigenvalue weighted by molar-refractivity contribution is 5.92. The molecule has 1 aliphatic rings. The van der Waals surface area contributed by atoms with Gasteiger partial charge in [-0.2, -0.15) is 5.10 Å². The predicted octanol–water partition coefficient (Wildman–Crippen LogP) is 1.62. The molecule has 1 fully saturated rings. The van der Waals surface area contributed by atoms with Crippen LogP contribution in [0, 0.1) is 5.82 Å². The molecule has 8 nitrogen and oxygen atoms in total. The van der Waals surface area contributed by atoms with E-state index in [-0.39, 0.29) is 12.5 Å². The monoisotopic (exact) mass is 373 g/mol. The summed E-state index contributed by atoms with van der Waals surface area (Å²) in [4.78, 5) is 14.1. The van der Waals surface area contributed by atoms with Crippen LogP contribution in [0.2, 0.25) is 0 Å². The second kappa shape index (κ2) is 6.75. The molecule has 0 unspecified atom stereocenters. The van der Waals surface area contributed by atoms with E-state index in [9.17, 15) is 14.3 Å². The maximum absolute atomic E-state index is 13.3. The average Bonchev–Trinajstić information content (AvgIpc) is 3.23.